The summed E-state index contributed by atoms with van der Waals surface area (Å²) >= 11 is 0. The third kappa shape index (κ3) is 4.47. The summed E-state index contributed by atoms with van der Waals surface area (Å²) in [6, 6.07) is 3.14. The topological polar surface area (TPSA) is 75.6 Å². The molecule has 1 unspecified atom stereocenters. The molecule has 0 aromatic heterocycles. The molecule has 2 N–H and O–H groups in total. The zero-order valence-electron chi connectivity index (χ0n) is 13.1. The number of carbonyl (C=O) groups excluding carboxylic acids is 1. The third-order valence-corrected chi connectivity index (χ3v) is 4.27. The molecule has 9 heteroatoms. The van der Waals surface area contributed by atoms with E-state index in [1.54, 1.807) is 0 Å². The summed E-state index contributed by atoms with van der Waals surface area (Å²) in [4.78, 5) is 23.4. The van der Waals surface area contributed by atoms with Crippen LogP contribution < -0.4 is 5.32 Å². The number of aliphatic carboxylic acids is 1. The number of nitrogens with one attached hydrogen (secondary N) is 1. The van der Waals surface area contributed by atoms with Gasteiger partial charge in [0.25, 0.3) is 5.91 Å². The van der Waals surface area contributed by atoms with Crippen LogP contribution in [0.15, 0.2) is 24.3 Å². The van der Waals surface area contributed by atoms with Gasteiger partial charge in [-0.15, -0.1) is 0 Å². The number of carboxylic acid groups (broad SMARTS) is 1. The fourth-order valence-electron chi connectivity index (χ4n) is 2.57. The molecule has 0 radical (unpaired) electrons. The highest BCUT2D eigenvalue weighted by Gasteiger charge is 2.41. The fourth-order valence-corrected chi connectivity index (χ4v) is 2.57. The summed E-state index contributed by atoms with van der Waals surface area (Å²) in [5.74, 6) is -2.20. The third-order valence-electron chi connectivity index (χ3n) is 4.27. The molecule has 1 fully saturated rings. The Balaban J connectivity index is 2.01. The first-order valence-electron chi connectivity index (χ1n) is 7.56. The van der Waals surface area contributed by atoms with Gasteiger partial charge in [0.1, 0.15) is 0 Å². The number of hydrogen-bond acceptors (Lipinski definition) is 3. The Morgan fingerprint density at radius 3 is 2.24 bits per heavy atom. The van der Waals surface area contributed by atoms with Crippen molar-refractivity contribution in [2.24, 2.45) is 5.41 Å². The quantitative estimate of drug-likeness (QED) is 0.789. The van der Waals surface area contributed by atoms with E-state index >= 15 is 0 Å². The Bertz CT molecular complexity index is 624. The average Bonchev–Trinajstić information content (AvgIpc) is 2.59. The van der Waals surface area contributed by atoms with E-state index in [9.17, 15) is 32.3 Å². The highest BCUT2D eigenvalue weighted by atomic mass is 19.4. The van der Waals surface area contributed by atoms with Gasteiger partial charge < -0.3 is 15.2 Å². The van der Waals surface area contributed by atoms with Gasteiger partial charge in [-0.3, -0.25) is 9.59 Å². The van der Waals surface area contributed by atoms with Crippen LogP contribution >= 0.6 is 0 Å². The Morgan fingerprint density at radius 1 is 1.20 bits per heavy atom. The van der Waals surface area contributed by atoms with Crippen LogP contribution in [-0.2, 0) is 20.5 Å². The minimum atomic E-state index is -4.55. The molecule has 0 bridgehead atoms. The molecule has 1 aromatic rings. The van der Waals surface area contributed by atoms with E-state index in [1.165, 1.54) is 0 Å². The lowest BCUT2D eigenvalue weighted by Gasteiger charge is -2.33. The molecular weight excluding hydrogens is 346 g/mol. The second-order valence-electron chi connectivity index (χ2n) is 5.90. The van der Waals surface area contributed by atoms with Gasteiger partial charge in [0, 0.05) is 19.8 Å². The molecule has 1 atom stereocenters. The number of benzene rings is 1. The summed E-state index contributed by atoms with van der Waals surface area (Å²) in [5.41, 5.74) is -2.41. The van der Waals surface area contributed by atoms with E-state index in [0.717, 1.165) is 12.1 Å². The van der Waals surface area contributed by atoms with Crippen LogP contribution in [0.25, 0.3) is 0 Å². The number of alkyl halides is 4. The van der Waals surface area contributed by atoms with Crippen molar-refractivity contribution >= 4 is 11.9 Å². The molecule has 1 aromatic carbocycles. The van der Waals surface area contributed by atoms with E-state index in [1.807, 2.05) is 0 Å². The first-order chi connectivity index (χ1) is 11.7. The van der Waals surface area contributed by atoms with Crippen molar-refractivity contribution in [3.8, 4) is 0 Å². The number of rotatable bonds is 5. The zero-order chi connectivity index (χ0) is 18.7. The molecule has 0 saturated carbocycles. The van der Waals surface area contributed by atoms with E-state index < -0.39 is 35.2 Å². The van der Waals surface area contributed by atoms with Gasteiger partial charge in [-0.25, -0.2) is 4.39 Å². The maximum atomic E-state index is 14.2. The van der Waals surface area contributed by atoms with Crippen LogP contribution in [0, 0.1) is 5.41 Å². The lowest BCUT2D eigenvalue weighted by atomic mass is 9.80. The van der Waals surface area contributed by atoms with Crippen molar-refractivity contribution in [2.75, 3.05) is 19.8 Å². The van der Waals surface area contributed by atoms with Gasteiger partial charge in [0.2, 0.25) is 6.17 Å². The molecule has 2 rings (SSSR count). The van der Waals surface area contributed by atoms with Gasteiger partial charge in [-0.2, -0.15) is 13.2 Å². The van der Waals surface area contributed by atoms with Gasteiger partial charge >= 0.3 is 12.1 Å². The summed E-state index contributed by atoms with van der Waals surface area (Å²) in [7, 11) is 0. The first-order valence-corrected chi connectivity index (χ1v) is 7.56. The van der Waals surface area contributed by atoms with Crippen LogP contribution in [0.5, 0.6) is 0 Å². The number of hydrogen-bond donors (Lipinski definition) is 2. The molecule has 25 heavy (non-hydrogen) atoms. The standard InChI is InChI=1S/C16H17F4NO4/c17-12(10-1-3-11(4-2-10)16(18,19)20)13(22)21-9-15(14(23)24)5-7-25-8-6-15/h1-4,12H,5-9H2,(H,21,22)(H,23,24). The van der Waals surface area contributed by atoms with Crippen LogP contribution in [0.2, 0.25) is 0 Å². The first kappa shape index (κ1) is 19.2. The molecule has 1 heterocycles. The summed E-state index contributed by atoms with van der Waals surface area (Å²) in [5, 5.41) is 11.6. The number of halogens is 4. The lowest BCUT2D eigenvalue weighted by molar-refractivity contribution is -0.155. The normalized spacial score (nSPS) is 18.4. The van der Waals surface area contributed by atoms with Crippen molar-refractivity contribution in [3.05, 3.63) is 35.4 Å². The van der Waals surface area contributed by atoms with Crippen molar-refractivity contribution < 1.29 is 37.0 Å². The van der Waals surface area contributed by atoms with Crippen molar-refractivity contribution in [1.29, 1.82) is 0 Å². The highest BCUT2D eigenvalue weighted by Crippen LogP contribution is 2.32. The van der Waals surface area contributed by atoms with Gasteiger partial charge in [0.05, 0.1) is 11.0 Å². The summed E-state index contributed by atoms with van der Waals surface area (Å²) in [6.45, 7) is 0.172. The highest BCUT2D eigenvalue weighted by molar-refractivity contribution is 5.83. The Labute approximate surface area is 141 Å². The molecule has 5 nitrogen and oxygen atoms in total. The second kappa shape index (κ2) is 7.38. The van der Waals surface area contributed by atoms with Crippen molar-refractivity contribution in [1.82, 2.24) is 5.32 Å². The molecule has 138 valence electrons. The Morgan fingerprint density at radius 2 is 1.76 bits per heavy atom. The monoisotopic (exact) mass is 363 g/mol. The fraction of sp³-hybridized carbons (Fsp3) is 0.500. The molecule has 0 aliphatic carbocycles. The van der Waals surface area contributed by atoms with Crippen molar-refractivity contribution in [3.63, 3.8) is 0 Å². The van der Waals surface area contributed by atoms with E-state index in [2.05, 4.69) is 5.32 Å². The van der Waals surface area contributed by atoms with E-state index in [-0.39, 0.29) is 38.2 Å². The molecule has 0 spiro atoms. The van der Waals surface area contributed by atoms with Gasteiger partial charge in [-0.05, 0) is 30.5 Å². The zero-order valence-corrected chi connectivity index (χ0v) is 13.1. The summed E-state index contributed by atoms with van der Waals surface area (Å²) < 4.78 is 56.7. The number of amides is 1. The van der Waals surface area contributed by atoms with Gasteiger partial charge in [0.15, 0.2) is 0 Å². The molecule has 1 saturated heterocycles. The predicted octanol–water partition coefficient (Wildman–Crippen LogP) is 2.71. The van der Waals surface area contributed by atoms with E-state index in [0.29, 0.717) is 12.1 Å². The molecule has 1 amide bonds. The second-order valence-corrected chi connectivity index (χ2v) is 5.90. The smallest absolute Gasteiger partial charge is 0.416 e. The minimum absolute atomic E-state index is 0.180. The van der Waals surface area contributed by atoms with Crippen molar-refractivity contribution in [2.45, 2.75) is 25.2 Å². The summed E-state index contributed by atoms with van der Waals surface area (Å²) in [6.07, 6.45) is -6.38. The average molecular weight is 363 g/mol. The van der Waals surface area contributed by atoms with E-state index in [4.69, 9.17) is 4.74 Å². The largest absolute Gasteiger partial charge is 0.481 e. The van der Waals surface area contributed by atoms with Crippen LogP contribution in [0.1, 0.15) is 30.1 Å². The Kier molecular flexibility index (Phi) is 5.66. The number of ether oxygens (including phenoxy) is 1. The Hall–Kier alpha value is -2.16. The molecule has 1 aliphatic heterocycles. The minimum Gasteiger partial charge on any atom is -0.481 e. The number of carbonyl (C=O) groups is 2. The molecular formula is C16H17F4NO4. The van der Waals surface area contributed by atoms with Crippen LogP contribution in [-0.4, -0.2) is 36.7 Å². The lowest BCUT2D eigenvalue weighted by Crippen LogP contribution is -2.47. The predicted molar refractivity (Wildman–Crippen MR) is 78.4 cm³/mol. The molecule has 1 aliphatic rings. The van der Waals surface area contributed by atoms with Crippen LogP contribution in [0.4, 0.5) is 17.6 Å². The number of carboxylic acids is 1. The van der Waals surface area contributed by atoms with Gasteiger partial charge in [-0.1, -0.05) is 12.1 Å². The maximum absolute atomic E-state index is 14.2. The SMILES string of the molecule is O=C(NCC1(C(=O)O)CCOCC1)C(F)c1ccc(C(F)(F)F)cc1. The maximum Gasteiger partial charge on any atom is 0.416 e. The van der Waals surface area contributed by atoms with Crippen LogP contribution in [0.3, 0.4) is 0 Å².